The fourth-order valence-corrected chi connectivity index (χ4v) is 3.65. The third-order valence-electron chi connectivity index (χ3n) is 5.02. The van der Waals surface area contributed by atoms with E-state index in [1.165, 1.54) is 13.3 Å². The van der Waals surface area contributed by atoms with Gasteiger partial charge in [0.15, 0.2) is 5.69 Å². The van der Waals surface area contributed by atoms with Crippen LogP contribution in [0.5, 0.6) is 0 Å². The fraction of sp³-hybridized carbons (Fsp3) is 0.350. The first kappa shape index (κ1) is 20.6. The van der Waals surface area contributed by atoms with Gasteiger partial charge in [-0.2, -0.15) is 5.26 Å². The summed E-state index contributed by atoms with van der Waals surface area (Å²) in [6.07, 6.45) is 1.99. The smallest absolute Gasteiger partial charge is 0.357 e. The van der Waals surface area contributed by atoms with E-state index in [2.05, 4.69) is 4.90 Å². The van der Waals surface area contributed by atoms with Gasteiger partial charge < -0.3 is 24.8 Å². The minimum atomic E-state index is -0.645. The Balaban J connectivity index is 2.05. The number of nitriles is 1. The molecule has 0 radical (unpaired) electrons. The lowest BCUT2D eigenvalue weighted by molar-refractivity contribution is -0.131. The molecule has 1 fully saturated rings. The zero-order valence-corrected chi connectivity index (χ0v) is 17.1. The Bertz CT molecular complexity index is 987. The summed E-state index contributed by atoms with van der Waals surface area (Å²) in [6.45, 7) is 4.33. The van der Waals surface area contributed by atoms with Crippen LogP contribution in [0.4, 0.5) is 11.4 Å². The van der Waals surface area contributed by atoms with Crippen molar-refractivity contribution in [2.24, 2.45) is 0 Å². The van der Waals surface area contributed by atoms with Gasteiger partial charge in [-0.1, -0.05) is 18.5 Å². The molecule has 0 atom stereocenters. The zero-order chi connectivity index (χ0) is 21.1. The van der Waals surface area contributed by atoms with E-state index in [4.69, 9.17) is 22.1 Å². The second-order valence-corrected chi connectivity index (χ2v) is 7.07. The van der Waals surface area contributed by atoms with Gasteiger partial charge in [-0.3, -0.25) is 4.79 Å². The Hall–Kier alpha value is -3.18. The molecule has 2 N–H and O–H groups in total. The number of piperazine rings is 1. The molecule has 29 heavy (non-hydrogen) atoms. The number of hydrogen-bond donors (Lipinski definition) is 1. The molecule has 9 heteroatoms. The first-order chi connectivity index (χ1) is 13.9. The molecule has 1 aromatic heterocycles. The van der Waals surface area contributed by atoms with Gasteiger partial charge in [-0.05, 0) is 18.2 Å². The van der Waals surface area contributed by atoms with Crippen LogP contribution in [-0.2, 0) is 9.53 Å². The van der Waals surface area contributed by atoms with Crippen LogP contribution in [0.2, 0.25) is 5.02 Å². The number of nitrogens with zero attached hydrogens (tertiary/aromatic N) is 4. The molecule has 8 nitrogen and oxygen atoms in total. The number of benzene rings is 1. The number of halogens is 1. The van der Waals surface area contributed by atoms with E-state index in [-0.39, 0.29) is 22.9 Å². The number of carbonyl (C=O) groups excluding carboxylic acids is 2. The summed E-state index contributed by atoms with van der Waals surface area (Å²) < 4.78 is 6.41. The normalized spacial score (nSPS) is 13.9. The van der Waals surface area contributed by atoms with Crippen LogP contribution < -0.4 is 10.6 Å². The van der Waals surface area contributed by atoms with Crippen molar-refractivity contribution < 1.29 is 14.3 Å². The number of amides is 1. The molecular formula is C20H22ClN5O3. The van der Waals surface area contributed by atoms with Crippen molar-refractivity contribution in [3.8, 4) is 11.8 Å². The van der Waals surface area contributed by atoms with Gasteiger partial charge in [0.25, 0.3) is 0 Å². The van der Waals surface area contributed by atoms with Crippen molar-refractivity contribution >= 4 is 34.9 Å². The number of ether oxygens (including phenoxy) is 1. The van der Waals surface area contributed by atoms with Crippen LogP contribution in [0.25, 0.3) is 5.69 Å². The summed E-state index contributed by atoms with van der Waals surface area (Å²) in [5.74, 6) is -0.515. The van der Waals surface area contributed by atoms with Gasteiger partial charge in [0.05, 0.1) is 29.7 Å². The minimum absolute atomic E-state index is 0.0589. The first-order valence-electron chi connectivity index (χ1n) is 9.23. The molecule has 0 bridgehead atoms. The molecule has 1 saturated heterocycles. The molecule has 0 saturated carbocycles. The van der Waals surface area contributed by atoms with Crippen LogP contribution in [0.1, 0.15) is 29.4 Å². The second kappa shape index (κ2) is 8.45. The maximum absolute atomic E-state index is 12.4. The van der Waals surface area contributed by atoms with Crippen molar-refractivity contribution in [2.75, 3.05) is 43.9 Å². The Kier molecular flexibility index (Phi) is 5.99. The summed E-state index contributed by atoms with van der Waals surface area (Å²) in [5.41, 5.74) is 7.77. The van der Waals surface area contributed by atoms with E-state index >= 15 is 0 Å². The Morgan fingerprint density at radius 1 is 1.24 bits per heavy atom. The lowest BCUT2D eigenvalue weighted by Gasteiger charge is -2.37. The standard InChI is InChI=1S/C20H22ClN5O3/c1-3-17(27)25-8-6-24(7-9-25)15-5-4-14(21)10-16(15)26-12-13(11-22)18(23)19(26)20(28)29-2/h4-5,10,12H,3,6-9,23H2,1-2H3. The van der Waals surface area contributed by atoms with Crippen molar-refractivity contribution in [3.63, 3.8) is 0 Å². The summed E-state index contributed by atoms with van der Waals surface area (Å²) >= 11 is 6.24. The molecule has 1 amide bonds. The number of anilines is 2. The fourth-order valence-electron chi connectivity index (χ4n) is 3.48. The Morgan fingerprint density at radius 2 is 1.93 bits per heavy atom. The van der Waals surface area contributed by atoms with Gasteiger partial charge in [0.2, 0.25) is 5.91 Å². The number of aromatic nitrogens is 1. The maximum Gasteiger partial charge on any atom is 0.357 e. The minimum Gasteiger partial charge on any atom is -0.464 e. The SMILES string of the molecule is CCC(=O)N1CCN(c2ccc(Cl)cc2-n2cc(C#N)c(N)c2C(=O)OC)CC1. The van der Waals surface area contributed by atoms with E-state index in [0.29, 0.717) is 43.3 Å². The molecule has 1 aliphatic heterocycles. The molecule has 152 valence electrons. The van der Waals surface area contributed by atoms with E-state index in [9.17, 15) is 14.9 Å². The summed E-state index contributed by atoms with van der Waals surface area (Å²) in [7, 11) is 1.26. The predicted molar refractivity (Wildman–Crippen MR) is 110 cm³/mol. The average molecular weight is 416 g/mol. The number of nitrogens with two attached hydrogens (primary N) is 1. The van der Waals surface area contributed by atoms with Crippen LogP contribution >= 0.6 is 11.6 Å². The number of rotatable bonds is 4. The van der Waals surface area contributed by atoms with E-state index in [1.807, 2.05) is 24.0 Å². The van der Waals surface area contributed by atoms with Gasteiger partial charge >= 0.3 is 5.97 Å². The van der Waals surface area contributed by atoms with E-state index in [1.54, 1.807) is 16.7 Å². The highest BCUT2D eigenvalue weighted by Crippen LogP contribution is 2.33. The highest BCUT2D eigenvalue weighted by molar-refractivity contribution is 6.30. The van der Waals surface area contributed by atoms with E-state index in [0.717, 1.165) is 5.69 Å². The third-order valence-corrected chi connectivity index (χ3v) is 5.25. The summed E-state index contributed by atoms with van der Waals surface area (Å²) in [6, 6.07) is 7.34. The molecular weight excluding hydrogens is 394 g/mol. The van der Waals surface area contributed by atoms with Gasteiger partial charge in [0.1, 0.15) is 6.07 Å². The molecule has 2 heterocycles. The third kappa shape index (κ3) is 3.87. The molecule has 0 spiro atoms. The van der Waals surface area contributed by atoms with Crippen LogP contribution in [0, 0.1) is 11.3 Å². The highest BCUT2D eigenvalue weighted by atomic mass is 35.5. The first-order valence-corrected chi connectivity index (χ1v) is 9.60. The quantitative estimate of drug-likeness (QED) is 0.769. The predicted octanol–water partition coefficient (Wildman–Crippen LogP) is 2.43. The molecule has 2 aromatic rings. The largest absolute Gasteiger partial charge is 0.464 e. The molecule has 0 aliphatic carbocycles. The maximum atomic E-state index is 12.4. The molecule has 3 rings (SSSR count). The highest BCUT2D eigenvalue weighted by Gasteiger charge is 2.26. The summed E-state index contributed by atoms with van der Waals surface area (Å²) in [5, 5.41) is 9.84. The molecule has 1 aromatic carbocycles. The molecule has 1 aliphatic rings. The monoisotopic (exact) mass is 415 g/mol. The number of methoxy groups -OCH3 is 1. The van der Waals surface area contributed by atoms with Crippen LogP contribution in [0.3, 0.4) is 0 Å². The van der Waals surface area contributed by atoms with Crippen molar-refractivity contribution in [1.29, 1.82) is 5.26 Å². The Morgan fingerprint density at radius 3 is 2.52 bits per heavy atom. The Labute approximate surface area is 174 Å². The average Bonchev–Trinajstić information content (AvgIpc) is 3.08. The van der Waals surface area contributed by atoms with Gasteiger partial charge in [0, 0.05) is 43.8 Å². The van der Waals surface area contributed by atoms with E-state index < -0.39 is 5.97 Å². The second-order valence-electron chi connectivity index (χ2n) is 6.63. The van der Waals surface area contributed by atoms with Crippen LogP contribution in [0.15, 0.2) is 24.4 Å². The zero-order valence-electron chi connectivity index (χ0n) is 16.3. The number of hydrogen-bond acceptors (Lipinski definition) is 6. The lowest BCUT2D eigenvalue weighted by Crippen LogP contribution is -2.48. The van der Waals surface area contributed by atoms with Crippen molar-refractivity contribution in [3.05, 3.63) is 40.7 Å². The van der Waals surface area contributed by atoms with Crippen molar-refractivity contribution in [1.82, 2.24) is 9.47 Å². The number of nitrogen functional groups attached to an aromatic ring is 1. The summed E-state index contributed by atoms with van der Waals surface area (Å²) in [4.78, 5) is 28.3. The van der Waals surface area contributed by atoms with Gasteiger partial charge in [-0.25, -0.2) is 4.79 Å². The van der Waals surface area contributed by atoms with Gasteiger partial charge in [-0.15, -0.1) is 0 Å². The topological polar surface area (TPSA) is 105 Å². The molecule has 0 unspecified atom stereocenters. The number of carbonyl (C=O) groups is 2. The van der Waals surface area contributed by atoms with Crippen LogP contribution in [-0.4, -0.2) is 54.6 Å². The van der Waals surface area contributed by atoms with Crippen molar-refractivity contribution in [2.45, 2.75) is 13.3 Å². The lowest BCUT2D eigenvalue weighted by atomic mass is 10.2. The number of esters is 1.